The van der Waals surface area contributed by atoms with Crippen LogP contribution >= 0.6 is 11.6 Å². The number of ether oxygens (including phenoxy) is 1. The Hall–Kier alpha value is -1.73. The van der Waals surface area contributed by atoms with Gasteiger partial charge in [-0.1, -0.05) is 17.5 Å². The van der Waals surface area contributed by atoms with Crippen LogP contribution in [0.5, 0.6) is 0 Å². The van der Waals surface area contributed by atoms with E-state index in [1.807, 2.05) is 0 Å². The summed E-state index contributed by atoms with van der Waals surface area (Å²) < 4.78 is 19.4. The van der Waals surface area contributed by atoms with E-state index in [4.69, 9.17) is 11.6 Å². The molecule has 0 bridgehead atoms. The fraction of sp³-hybridized carbons (Fsp3) is 0.308. The van der Waals surface area contributed by atoms with Crippen LogP contribution in [0.15, 0.2) is 18.2 Å². The zero-order valence-electron chi connectivity index (χ0n) is 9.30. The van der Waals surface area contributed by atoms with E-state index in [0.29, 0.717) is 10.7 Å². The quantitative estimate of drug-likeness (QED) is 0.730. The van der Waals surface area contributed by atoms with E-state index in [2.05, 4.69) is 21.9 Å². The molecule has 2 aliphatic rings. The molecule has 0 radical (unpaired) electrons. The van der Waals surface area contributed by atoms with Crippen molar-refractivity contribution in [1.29, 1.82) is 0 Å². The van der Waals surface area contributed by atoms with Gasteiger partial charge in [0, 0.05) is 10.9 Å². The molecule has 1 saturated carbocycles. The van der Waals surface area contributed by atoms with Gasteiger partial charge in [-0.15, -0.1) is 0 Å². The van der Waals surface area contributed by atoms with Gasteiger partial charge in [0.25, 0.3) is 0 Å². The second-order valence-corrected chi connectivity index (χ2v) is 4.78. The number of carbonyl (C=O) groups is 1. The summed E-state index contributed by atoms with van der Waals surface area (Å²) in [6.07, 6.45) is 1.09. The Labute approximate surface area is 108 Å². The standard InChI is InChI=1S/C13H9ClFNO2/c14-9-3-4-11-10(7-9)13(15,18-12(17)16-11)6-5-8-1-2-8/h3-4,7-8H,1-2H2,(H,16,17)/t13-/m0/s1. The number of carbonyl (C=O) groups excluding carboxylic acids is 1. The average Bonchev–Trinajstić information content (AvgIpc) is 3.12. The normalized spacial score (nSPS) is 25.3. The molecule has 1 fully saturated rings. The van der Waals surface area contributed by atoms with Gasteiger partial charge in [0.05, 0.1) is 11.3 Å². The molecular formula is C13H9ClFNO2. The van der Waals surface area contributed by atoms with Crippen molar-refractivity contribution in [2.24, 2.45) is 5.92 Å². The third kappa shape index (κ3) is 2.02. The maximum atomic E-state index is 14.7. The number of amides is 1. The Bertz CT molecular complexity index is 588. The van der Waals surface area contributed by atoms with Crippen LogP contribution in [0.3, 0.4) is 0 Å². The number of cyclic esters (lactones) is 1. The lowest BCUT2D eigenvalue weighted by atomic mass is 10.0. The van der Waals surface area contributed by atoms with Crippen molar-refractivity contribution in [2.45, 2.75) is 18.7 Å². The van der Waals surface area contributed by atoms with Crippen LogP contribution in [0.4, 0.5) is 14.9 Å². The van der Waals surface area contributed by atoms with Crippen molar-refractivity contribution in [3.05, 3.63) is 28.8 Å². The van der Waals surface area contributed by atoms with E-state index < -0.39 is 11.9 Å². The van der Waals surface area contributed by atoms with Gasteiger partial charge < -0.3 is 4.74 Å². The monoisotopic (exact) mass is 265 g/mol. The number of hydrogen-bond donors (Lipinski definition) is 1. The molecule has 0 spiro atoms. The highest BCUT2D eigenvalue weighted by Gasteiger charge is 2.41. The highest BCUT2D eigenvalue weighted by Crippen LogP contribution is 2.39. The van der Waals surface area contributed by atoms with Crippen LogP contribution in [0.1, 0.15) is 18.4 Å². The van der Waals surface area contributed by atoms with Crippen molar-refractivity contribution in [1.82, 2.24) is 0 Å². The first-order chi connectivity index (χ1) is 8.57. The zero-order valence-corrected chi connectivity index (χ0v) is 10.1. The number of benzene rings is 1. The molecule has 18 heavy (non-hydrogen) atoms. The third-order valence-corrected chi connectivity index (χ3v) is 3.05. The minimum absolute atomic E-state index is 0.141. The molecule has 1 heterocycles. The van der Waals surface area contributed by atoms with Crippen LogP contribution < -0.4 is 5.32 Å². The third-order valence-electron chi connectivity index (χ3n) is 2.81. The number of alkyl halides is 1. The van der Waals surface area contributed by atoms with E-state index >= 15 is 0 Å². The highest BCUT2D eigenvalue weighted by atomic mass is 35.5. The smallest absolute Gasteiger partial charge is 0.396 e. The molecule has 1 amide bonds. The Morgan fingerprint density at radius 3 is 3.00 bits per heavy atom. The number of rotatable bonds is 0. The van der Waals surface area contributed by atoms with Gasteiger partial charge in [-0.25, -0.2) is 4.79 Å². The van der Waals surface area contributed by atoms with Crippen LogP contribution in [0.25, 0.3) is 0 Å². The second-order valence-electron chi connectivity index (χ2n) is 4.34. The van der Waals surface area contributed by atoms with Gasteiger partial charge in [-0.3, -0.25) is 5.32 Å². The molecule has 0 saturated heterocycles. The Morgan fingerprint density at radius 1 is 1.50 bits per heavy atom. The summed E-state index contributed by atoms with van der Waals surface area (Å²) in [4.78, 5) is 11.3. The van der Waals surface area contributed by atoms with E-state index in [1.54, 1.807) is 6.07 Å². The molecule has 0 aromatic heterocycles. The van der Waals surface area contributed by atoms with Crippen molar-refractivity contribution < 1.29 is 13.9 Å². The van der Waals surface area contributed by atoms with Crippen molar-refractivity contribution >= 4 is 23.4 Å². The summed E-state index contributed by atoms with van der Waals surface area (Å²) in [5.41, 5.74) is 0.478. The minimum atomic E-state index is -2.41. The summed E-state index contributed by atoms with van der Waals surface area (Å²) in [5.74, 6) is 2.99. The van der Waals surface area contributed by atoms with Crippen LogP contribution in [-0.2, 0) is 10.6 Å². The molecule has 3 rings (SSSR count). The summed E-state index contributed by atoms with van der Waals surface area (Å²) >= 11 is 5.83. The maximum Gasteiger partial charge on any atom is 0.415 e. The molecule has 0 unspecified atom stereocenters. The first-order valence-corrected chi connectivity index (χ1v) is 5.96. The van der Waals surface area contributed by atoms with Gasteiger partial charge in [-0.05, 0) is 37.0 Å². The first-order valence-electron chi connectivity index (χ1n) is 5.58. The van der Waals surface area contributed by atoms with Crippen LogP contribution in [0, 0.1) is 17.8 Å². The molecule has 1 aromatic carbocycles. The van der Waals surface area contributed by atoms with Crippen LogP contribution in [-0.4, -0.2) is 6.09 Å². The summed E-state index contributed by atoms with van der Waals surface area (Å²) in [6, 6.07) is 4.52. The molecule has 92 valence electrons. The number of halogens is 2. The Kier molecular flexibility index (Phi) is 2.46. The lowest BCUT2D eigenvalue weighted by Gasteiger charge is -2.27. The zero-order chi connectivity index (χ0) is 12.8. The first kappa shape index (κ1) is 11.4. The van der Waals surface area contributed by atoms with E-state index in [-0.39, 0.29) is 11.5 Å². The topological polar surface area (TPSA) is 38.3 Å². The van der Waals surface area contributed by atoms with Crippen molar-refractivity contribution in [3.8, 4) is 11.8 Å². The van der Waals surface area contributed by atoms with E-state index in [0.717, 1.165) is 12.8 Å². The Balaban J connectivity index is 2.07. The lowest BCUT2D eigenvalue weighted by Crippen LogP contribution is -2.35. The fourth-order valence-corrected chi connectivity index (χ4v) is 1.90. The summed E-state index contributed by atoms with van der Waals surface area (Å²) in [7, 11) is 0. The minimum Gasteiger partial charge on any atom is -0.396 e. The summed E-state index contributed by atoms with van der Waals surface area (Å²) in [6.45, 7) is 0. The number of nitrogens with one attached hydrogen (secondary N) is 1. The Morgan fingerprint density at radius 2 is 2.28 bits per heavy atom. The molecule has 1 aliphatic carbocycles. The molecule has 1 aliphatic heterocycles. The van der Waals surface area contributed by atoms with Gasteiger partial charge in [0.1, 0.15) is 0 Å². The predicted molar refractivity (Wildman–Crippen MR) is 64.8 cm³/mol. The molecule has 3 nitrogen and oxygen atoms in total. The molecule has 5 heteroatoms. The number of fused-ring (bicyclic) bond motifs is 1. The largest absolute Gasteiger partial charge is 0.415 e. The highest BCUT2D eigenvalue weighted by molar-refractivity contribution is 6.30. The van der Waals surface area contributed by atoms with E-state index in [9.17, 15) is 9.18 Å². The van der Waals surface area contributed by atoms with Gasteiger partial charge in [-0.2, -0.15) is 4.39 Å². The fourth-order valence-electron chi connectivity index (χ4n) is 1.73. The van der Waals surface area contributed by atoms with Crippen molar-refractivity contribution in [2.75, 3.05) is 5.32 Å². The van der Waals surface area contributed by atoms with E-state index in [1.165, 1.54) is 12.1 Å². The molecule has 1 N–H and O–H groups in total. The molecular weight excluding hydrogens is 257 g/mol. The lowest BCUT2D eigenvalue weighted by molar-refractivity contribution is -0.0486. The molecule has 1 atom stereocenters. The van der Waals surface area contributed by atoms with Gasteiger partial charge in [0.2, 0.25) is 0 Å². The van der Waals surface area contributed by atoms with Crippen LogP contribution in [0.2, 0.25) is 5.02 Å². The average molecular weight is 266 g/mol. The predicted octanol–water partition coefficient (Wildman–Crippen LogP) is 3.44. The second kappa shape index (κ2) is 3.89. The number of hydrogen-bond acceptors (Lipinski definition) is 2. The molecule has 1 aromatic rings. The summed E-state index contributed by atoms with van der Waals surface area (Å²) in [5, 5.41) is 2.78. The SMILES string of the molecule is O=C1Nc2ccc(Cl)cc2[C@](F)(C#CC2CC2)O1. The maximum absolute atomic E-state index is 14.7. The van der Waals surface area contributed by atoms with Crippen molar-refractivity contribution in [3.63, 3.8) is 0 Å². The van der Waals surface area contributed by atoms with Gasteiger partial charge in [0.15, 0.2) is 0 Å². The van der Waals surface area contributed by atoms with Gasteiger partial charge >= 0.3 is 11.9 Å². The number of anilines is 1.